The summed E-state index contributed by atoms with van der Waals surface area (Å²) in [6, 6.07) is 0. The third-order valence-corrected chi connectivity index (χ3v) is 3.16. The number of amides is 2. The van der Waals surface area contributed by atoms with E-state index in [0.717, 1.165) is 32.5 Å². The van der Waals surface area contributed by atoms with Crippen molar-refractivity contribution < 1.29 is 9.59 Å². The van der Waals surface area contributed by atoms with Gasteiger partial charge in [-0.2, -0.15) is 12.6 Å². The van der Waals surface area contributed by atoms with Crippen molar-refractivity contribution in [2.24, 2.45) is 5.92 Å². The molecule has 0 spiro atoms. The third-order valence-electron chi connectivity index (χ3n) is 2.93. The first-order chi connectivity index (χ1) is 7.63. The lowest BCUT2D eigenvalue weighted by atomic mass is 9.96. The van der Waals surface area contributed by atoms with Crippen molar-refractivity contribution in [2.75, 3.05) is 25.4 Å². The lowest BCUT2D eigenvalue weighted by Gasteiger charge is -2.32. The van der Waals surface area contributed by atoms with E-state index in [2.05, 4.69) is 17.9 Å². The van der Waals surface area contributed by atoms with E-state index >= 15 is 0 Å². The Labute approximate surface area is 102 Å². The molecule has 1 fully saturated rings. The molecule has 4 nitrogen and oxygen atoms in total. The van der Waals surface area contributed by atoms with Gasteiger partial charge >= 0.3 is 0 Å². The van der Waals surface area contributed by atoms with E-state index in [0.29, 0.717) is 18.1 Å². The van der Waals surface area contributed by atoms with Gasteiger partial charge in [-0.05, 0) is 24.5 Å². The molecule has 1 saturated heterocycles. The zero-order valence-corrected chi connectivity index (χ0v) is 10.6. The average Bonchev–Trinajstić information content (AvgIpc) is 2.27. The molecule has 1 aliphatic rings. The summed E-state index contributed by atoms with van der Waals surface area (Å²) < 4.78 is 0. The average molecular weight is 244 g/mol. The Balaban J connectivity index is 2.23. The summed E-state index contributed by atoms with van der Waals surface area (Å²) >= 11 is 4.06. The molecule has 0 aromatic carbocycles. The highest BCUT2D eigenvalue weighted by atomic mass is 32.1. The minimum absolute atomic E-state index is 0.0218. The van der Waals surface area contributed by atoms with Crippen LogP contribution in [0.1, 0.15) is 26.2 Å². The molecule has 0 radical (unpaired) electrons. The zero-order chi connectivity index (χ0) is 12.0. The second-order valence-electron chi connectivity index (χ2n) is 4.23. The number of nitrogens with one attached hydrogen (secondary N) is 1. The predicted molar refractivity (Wildman–Crippen MR) is 66.5 cm³/mol. The lowest BCUT2D eigenvalue weighted by Crippen LogP contribution is -2.41. The first kappa shape index (κ1) is 13.4. The number of rotatable bonds is 4. The van der Waals surface area contributed by atoms with Gasteiger partial charge in [0.2, 0.25) is 11.8 Å². The standard InChI is InChI=1S/C11H20N2O2S/c1-9(14)12-8-10-2-5-13(6-3-10)11(15)4-7-16/h10,16H,2-8H2,1H3,(H,12,14). The fourth-order valence-electron chi connectivity index (χ4n) is 1.93. The normalized spacial score (nSPS) is 17.2. The van der Waals surface area contributed by atoms with Crippen LogP contribution in [0.2, 0.25) is 0 Å². The van der Waals surface area contributed by atoms with Crippen molar-refractivity contribution in [1.29, 1.82) is 0 Å². The third kappa shape index (κ3) is 4.43. The van der Waals surface area contributed by atoms with Crippen LogP contribution in [-0.4, -0.2) is 42.1 Å². The Bertz CT molecular complexity index is 250. The molecule has 0 saturated carbocycles. The zero-order valence-electron chi connectivity index (χ0n) is 9.74. The number of nitrogens with zero attached hydrogens (tertiary/aromatic N) is 1. The number of thiol groups is 1. The van der Waals surface area contributed by atoms with Gasteiger partial charge in [-0.1, -0.05) is 0 Å². The van der Waals surface area contributed by atoms with Gasteiger partial charge in [0.1, 0.15) is 0 Å². The van der Waals surface area contributed by atoms with Crippen molar-refractivity contribution in [3.05, 3.63) is 0 Å². The summed E-state index contributed by atoms with van der Waals surface area (Å²) in [6.07, 6.45) is 2.50. The van der Waals surface area contributed by atoms with E-state index in [4.69, 9.17) is 0 Å². The largest absolute Gasteiger partial charge is 0.356 e. The van der Waals surface area contributed by atoms with Crippen LogP contribution < -0.4 is 5.32 Å². The molecular formula is C11H20N2O2S. The number of piperidine rings is 1. The van der Waals surface area contributed by atoms with Gasteiger partial charge in [-0.3, -0.25) is 9.59 Å². The number of likely N-dealkylation sites (tertiary alicyclic amines) is 1. The molecule has 0 aromatic rings. The molecule has 5 heteroatoms. The smallest absolute Gasteiger partial charge is 0.223 e. The van der Waals surface area contributed by atoms with E-state index in [1.807, 2.05) is 4.90 Å². The van der Waals surface area contributed by atoms with Gasteiger partial charge in [-0.15, -0.1) is 0 Å². The minimum Gasteiger partial charge on any atom is -0.356 e. The highest BCUT2D eigenvalue weighted by Crippen LogP contribution is 2.17. The van der Waals surface area contributed by atoms with Gasteiger partial charge in [0.05, 0.1) is 0 Å². The molecule has 0 bridgehead atoms. The van der Waals surface area contributed by atoms with Crippen LogP contribution in [-0.2, 0) is 9.59 Å². The van der Waals surface area contributed by atoms with Crippen molar-refractivity contribution in [2.45, 2.75) is 26.2 Å². The van der Waals surface area contributed by atoms with Crippen molar-refractivity contribution >= 4 is 24.4 Å². The Hall–Kier alpha value is -0.710. The molecule has 0 aliphatic carbocycles. The van der Waals surface area contributed by atoms with Gasteiger partial charge < -0.3 is 10.2 Å². The first-order valence-corrected chi connectivity index (χ1v) is 6.39. The van der Waals surface area contributed by atoms with Gasteiger partial charge in [0, 0.05) is 33.0 Å². The van der Waals surface area contributed by atoms with Crippen LogP contribution >= 0.6 is 12.6 Å². The van der Waals surface area contributed by atoms with Crippen LogP contribution in [0.25, 0.3) is 0 Å². The monoisotopic (exact) mass is 244 g/mol. The topological polar surface area (TPSA) is 49.4 Å². The highest BCUT2D eigenvalue weighted by molar-refractivity contribution is 7.80. The van der Waals surface area contributed by atoms with Gasteiger partial charge in [0.15, 0.2) is 0 Å². The summed E-state index contributed by atoms with van der Waals surface area (Å²) in [7, 11) is 0. The summed E-state index contributed by atoms with van der Waals surface area (Å²) in [5, 5.41) is 2.83. The summed E-state index contributed by atoms with van der Waals surface area (Å²) in [4.78, 5) is 24.2. The summed E-state index contributed by atoms with van der Waals surface area (Å²) in [5.74, 6) is 1.36. The molecule has 1 heterocycles. The number of carbonyl (C=O) groups is 2. The van der Waals surface area contributed by atoms with Crippen LogP contribution in [0.3, 0.4) is 0 Å². The van der Waals surface area contributed by atoms with Crippen LogP contribution in [0.5, 0.6) is 0 Å². The Morgan fingerprint density at radius 2 is 2.00 bits per heavy atom. The molecule has 2 amide bonds. The maximum absolute atomic E-state index is 11.6. The predicted octanol–water partition coefficient (Wildman–Crippen LogP) is 0.681. The highest BCUT2D eigenvalue weighted by Gasteiger charge is 2.22. The van der Waals surface area contributed by atoms with Gasteiger partial charge in [-0.25, -0.2) is 0 Å². The molecule has 92 valence electrons. The van der Waals surface area contributed by atoms with Crippen molar-refractivity contribution in [3.8, 4) is 0 Å². The molecule has 0 unspecified atom stereocenters. The fraction of sp³-hybridized carbons (Fsp3) is 0.818. The molecule has 16 heavy (non-hydrogen) atoms. The number of carbonyl (C=O) groups excluding carboxylic acids is 2. The van der Waals surface area contributed by atoms with E-state index in [1.165, 1.54) is 6.92 Å². The molecule has 0 atom stereocenters. The Morgan fingerprint density at radius 1 is 1.38 bits per heavy atom. The second kappa shape index (κ2) is 6.78. The first-order valence-electron chi connectivity index (χ1n) is 5.76. The van der Waals surface area contributed by atoms with E-state index in [-0.39, 0.29) is 11.8 Å². The molecule has 1 rings (SSSR count). The lowest BCUT2D eigenvalue weighted by molar-refractivity contribution is -0.132. The molecule has 1 aliphatic heterocycles. The molecule has 1 N–H and O–H groups in total. The van der Waals surface area contributed by atoms with Crippen molar-refractivity contribution in [1.82, 2.24) is 10.2 Å². The van der Waals surface area contributed by atoms with Crippen molar-refractivity contribution in [3.63, 3.8) is 0 Å². The summed E-state index contributed by atoms with van der Waals surface area (Å²) in [5.41, 5.74) is 0. The summed E-state index contributed by atoms with van der Waals surface area (Å²) in [6.45, 7) is 3.91. The SMILES string of the molecule is CC(=O)NCC1CCN(C(=O)CCS)CC1. The Kier molecular flexibility index (Phi) is 5.66. The quantitative estimate of drug-likeness (QED) is 0.715. The maximum Gasteiger partial charge on any atom is 0.223 e. The van der Waals surface area contributed by atoms with E-state index < -0.39 is 0 Å². The van der Waals surface area contributed by atoms with Gasteiger partial charge in [0.25, 0.3) is 0 Å². The Morgan fingerprint density at radius 3 is 2.50 bits per heavy atom. The maximum atomic E-state index is 11.6. The molecule has 0 aromatic heterocycles. The second-order valence-corrected chi connectivity index (χ2v) is 4.68. The number of hydrogen-bond donors (Lipinski definition) is 2. The van der Waals surface area contributed by atoms with E-state index in [9.17, 15) is 9.59 Å². The van der Waals surface area contributed by atoms with E-state index in [1.54, 1.807) is 0 Å². The van der Waals surface area contributed by atoms with Crippen LogP contribution in [0.4, 0.5) is 0 Å². The van der Waals surface area contributed by atoms with Crippen LogP contribution in [0, 0.1) is 5.92 Å². The van der Waals surface area contributed by atoms with Crippen LogP contribution in [0.15, 0.2) is 0 Å². The molecular weight excluding hydrogens is 224 g/mol. The number of hydrogen-bond acceptors (Lipinski definition) is 3. The minimum atomic E-state index is 0.0218. The fourth-order valence-corrected chi connectivity index (χ4v) is 2.12.